The van der Waals surface area contributed by atoms with Gasteiger partial charge in [-0.25, -0.2) is 4.98 Å². The molecule has 5 nitrogen and oxygen atoms in total. The summed E-state index contributed by atoms with van der Waals surface area (Å²) in [5.74, 6) is -0.107. The van der Waals surface area contributed by atoms with Gasteiger partial charge in [-0.2, -0.15) is 4.98 Å². The number of carbonyl (C=O) groups is 1. The lowest BCUT2D eigenvalue weighted by Gasteiger charge is -2.07. The zero-order valence-corrected chi connectivity index (χ0v) is 13.3. The number of rotatable bonds is 1. The first-order valence-corrected chi connectivity index (χ1v) is 7.68. The van der Waals surface area contributed by atoms with E-state index in [0.29, 0.717) is 11.3 Å². The van der Waals surface area contributed by atoms with Crippen LogP contribution >= 0.6 is 11.6 Å². The lowest BCUT2D eigenvalue weighted by atomic mass is 10.0. The molecule has 0 aromatic carbocycles. The van der Waals surface area contributed by atoms with Crippen LogP contribution in [0.3, 0.4) is 0 Å². The van der Waals surface area contributed by atoms with E-state index in [1.54, 1.807) is 26.4 Å². The standard InChI is InChI=1S/C9H9ClN4O.C6H12/c1-14(2)8(15)6-3-5-4-11-9(10)13-7(5)12-6;1-2-4-6-5-3-1/h3-4H,1-2H3,(H,11,12,13);1-6H2. The highest BCUT2D eigenvalue weighted by Crippen LogP contribution is 2.15. The third-order valence-electron chi connectivity index (χ3n) is 3.48. The summed E-state index contributed by atoms with van der Waals surface area (Å²) in [6.07, 6.45) is 10.6. The fourth-order valence-corrected chi connectivity index (χ4v) is 2.44. The molecule has 6 heteroatoms. The highest BCUT2D eigenvalue weighted by atomic mass is 35.5. The van der Waals surface area contributed by atoms with E-state index in [0.717, 1.165) is 5.39 Å². The number of fused-ring (bicyclic) bond motifs is 1. The number of hydrogen-bond acceptors (Lipinski definition) is 3. The Kier molecular flexibility index (Phi) is 5.56. The molecule has 2 aromatic rings. The number of nitrogens with zero attached hydrogens (tertiary/aromatic N) is 3. The van der Waals surface area contributed by atoms with Crippen LogP contribution in [-0.4, -0.2) is 39.9 Å². The van der Waals surface area contributed by atoms with Crippen LogP contribution < -0.4 is 0 Å². The molecule has 2 heterocycles. The van der Waals surface area contributed by atoms with Gasteiger partial charge in [0.1, 0.15) is 11.3 Å². The number of amides is 1. The number of halogens is 1. The molecule has 1 aliphatic rings. The van der Waals surface area contributed by atoms with E-state index in [1.807, 2.05) is 0 Å². The first kappa shape index (κ1) is 15.8. The molecular weight excluding hydrogens is 288 g/mol. The van der Waals surface area contributed by atoms with Crippen molar-refractivity contribution in [2.24, 2.45) is 0 Å². The van der Waals surface area contributed by atoms with Gasteiger partial charge in [0.15, 0.2) is 0 Å². The maximum atomic E-state index is 11.6. The molecule has 0 radical (unpaired) electrons. The van der Waals surface area contributed by atoms with Crippen LogP contribution in [0.25, 0.3) is 11.0 Å². The third kappa shape index (κ3) is 4.43. The van der Waals surface area contributed by atoms with E-state index in [9.17, 15) is 4.79 Å². The number of aromatic nitrogens is 3. The summed E-state index contributed by atoms with van der Waals surface area (Å²) in [5, 5.41) is 0.929. The van der Waals surface area contributed by atoms with E-state index < -0.39 is 0 Å². The number of hydrogen-bond donors (Lipinski definition) is 1. The predicted octanol–water partition coefficient (Wildman–Crippen LogP) is 3.65. The lowest BCUT2D eigenvalue weighted by molar-refractivity contribution is 0.0823. The SMILES string of the molecule is C1CCCCC1.CN(C)C(=O)c1cc2cnc(Cl)nc2[nH]1. The van der Waals surface area contributed by atoms with Gasteiger partial charge in [-0.1, -0.05) is 38.5 Å². The normalized spacial score (nSPS) is 14.4. The fourth-order valence-electron chi connectivity index (χ4n) is 2.31. The second-order valence-corrected chi connectivity index (χ2v) is 5.78. The zero-order chi connectivity index (χ0) is 15.2. The molecule has 2 aromatic heterocycles. The Hall–Kier alpha value is -1.62. The summed E-state index contributed by atoms with van der Waals surface area (Å²) in [6, 6.07) is 1.70. The minimum absolute atomic E-state index is 0.107. The van der Waals surface area contributed by atoms with Gasteiger partial charge in [0.05, 0.1) is 0 Å². The maximum absolute atomic E-state index is 11.6. The molecule has 1 aliphatic carbocycles. The van der Waals surface area contributed by atoms with Crippen LogP contribution in [0, 0.1) is 0 Å². The summed E-state index contributed by atoms with van der Waals surface area (Å²) in [4.78, 5) is 23.8. The topological polar surface area (TPSA) is 61.9 Å². The number of H-pyrrole nitrogens is 1. The minimum Gasteiger partial charge on any atom is -0.344 e. The monoisotopic (exact) mass is 308 g/mol. The largest absolute Gasteiger partial charge is 0.344 e. The fraction of sp³-hybridized carbons (Fsp3) is 0.533. The van der Waals surface area contributed by atoms with Crippen molar-refractivity contribution in [3.05, 3.63) is 23.2 Å². The third-order valence-corrected chi connectivity index (χ3v) is 3.66. The number of aromatic amines is 1. The van der Waals surface area contributed by atoms with Gasteiger partial charge in [0.2, 0.25) is 5.28 Å². The summed E-state index contributed by atoms with van der Waals surface area (Å²) in [5.41, 5.74) is 1.05. The molecule has 1 fully saturated rings. The first-order chi connectivity index (χ1) is 10.1. The first-order valence-electron chi connectivity index (χ1n) is 7.31. The lowest BCUT2D eigenvalue weighted by Crippen LogP contribution is -2.21. The van der Waals surface area contributed by atoms with Crippen molar-refractivity contribution in [1.29, 1.82) is 0 Å². The van der Waals surface area contributed by atoms with Crippen LogP contribution in [0.1, 0.15) is 49.0 Å². The van der Waals surface area contributed by atoms with Gasteiger partial charge < -0.3 is 9.88 Å². The maximum Gasteiger partial charge on any atom is 0.269 e. The molecule has 1 N–H and O–H groups in total. The summed E-state index contributed by atoms with van der Waals surface area (Å²) < 4.78 is 0. The van der Waals surface area contributed by atoms with E-state index in [2.05, 4.69) is 15.0 Å². The Bertz CT molecular complexity index is 593. The molecule has 0 saturated heterocycles. The molecule has 0 spiro atoms. The molecule has 0 bridgehead atoms. The Morgan fingerprint density at radius 2 is 1.76 bits per heavy atom. The van der Waals surface area contributed by atoms with Crippen molar-refractivity contribution >= 4 is 28.5 Å². The van der Waals surface area contributed by atoms with Crippen molar-refractivity contribution in [2.45, 2.75) is 38.5 Å². The van der Waals surface area contributed by atoms with Crippen LogP contribution in [0.5, 0.6) is 0 Å². The van der Waals surface area contributed by atoms with Crippen molar-refractivity contribution in [3.8, 4) is 0 Å². The van der Waals surface area contributed by atoms with Crippen molar-refractivity contribution in [2.75, 3.05) is 14.1 Å². The van der Waals surface area contributed by atoms with Gasteiger partial charge >= 0.3 is 0 Å². The van der Waals surface area contributed by atoms with Crippen molar-refractivity contribution in [3.63, 3.8) is 0 Å². The Labute approximate surface area is 129 Å². The Morgan fingerprint density at radius 3 is 2.29 bits per heavy atom. The Morgan fingerprint density at radius 1 is 1.19 bits per heavy atom. The second kappa shape index (κ2) is 7.41. The van der Waals surface area contributed by atoms with Crippen molar-refractivity contribution in [1.82, 2.24) is 19.9 Å². The summed E-state index contributed by atoms with van der Waals surface area (Å²) >= 11 is 5.63. The highest BCUT2D eigenvalue weighted by Gasteiger charge is 2.12. The summed E-state index contributed by atoms with van der Waals surface area (Å²) in [6.45, 7) is 0. The molecule has 1 saturated carbocycles. The van der Waals surface area contributed by atoms with E-state index in [4.69, 9.17) is 11.6 Å². The van der Waals surface area contributed by atoms with E-state index in [1.165, 1.54) is 43.4 Å². The highest BCUT2D eigenvalue weighted by molar-refractivity contribution is 6.28. The molecule has 0 unspecified atom stereocenters. The van der Waals surface area contributed by atoms with Gasteiger partial charge in [-0.05, 0) is 17.7 Å². The van der Waals surface area contributed by atoms with Crippen LogP contribution in [0.4, 0.5) is 0 Å². The van der Waals surface area contributed by atoms with Crippen LogP contribution in [0.2, 0.25) is 5.28 Å². The van der Waals surface area contributed by atoms with E-state index in [-0.39, 0.29) is 11.2 Å². The molecule has 114 valence electrons. The zero-order valence-electron chi connectivity index (χ0n) is 12.5. The molecule has 21 heavy (non-hydrogen) atoms. The second-order valence-electron chi connectivity index (χ2n) is 5.45. The molecule has 1 amide bonds. The Balaban J connectivity index is 0.000000225. The van der Waals surface area contributed by atoms with Gasteiger partial charge in [-0.15, -0.1) is 0 Å². The number of carbonyl (C=O) groups excluding carboxylic acids is 1. The molecular formula is C15H21ClN4O. The predicted molar refractivity (Wildman–Crippen MR) is 84.6 cm³/mol. The van der Waals surface area contributed by atoms with Crippen LogP contribution in [0.15, 0.2) is 12.3 Å². The smallest absolute Gasteiger partial charge is 0.269 e. The van der Waals surface area contributed by atoms with Gasteiger partial charge in [0.25, 0.3) is 5.91 Å². The average Bonchev–Trinajstić information content (AvgIpc) is 2.91. The van der Waals surface area contributed by atoms with Gasteiger partial charge in [0, 0.05) is 25.7 Å². The van der Waals surface area contributed by atoms with Crippen molar-refractivity contribution < 1.29 is 4.79 Å². The number of nitrogens with one attached hydrogen (secondary N) is 1. The van der Waals surface area contributed by atoms with Gasteiger partial charge in [-0.3, -0.25) is 4.79 Å². The average molecular weight is 309 g/mol. The quantitative estimate of drug-likeness (QED) is 0.818. The minimum atomic E-state index is -0.107. The van der Waals surface area contributed by atoms with E-state index >= 15 is 0 Å². The molecule has 3 rings (SSSR count). The summed E-state index contributed by atoms with van der Waals surface area (Å²) in [7, 11) is 3.37. The molecule has 0 aliphatic heterocycles. The molecule has 0 atom stereocenters. The van der Waals surface area contributed by atoms with Crippen LogP contribution in [-0.2, 0) is 0 Å².